The number of hydrogen-bond donors (Lipinski definition) is 0. The molecule has 3 fully saturated rings. The molecule has 216 valence electrons. The minimum Gasteiger partial charge on any atom is -0.454 e. The highest BCUT2D eigenvalue weighted by atomic mass is 79.9. The number of benzene rings is 3. The number of fused-ring (bicyclic) bond motifs is 6. The van der Waals surface area contributed by atoms with Gasteiger partial charge in [0, 0.05) is 30.6 Å². The number of aromatic nitrogens is 1. The van der Waals surface area contributed by atoms with Crippen molar-refractivity contribution in [3.8, 4) is 11.3 Å². The monoisotopic (exact) mass is 764 g/mol. The lowest BCUT2D eigenvalue weighted by Crippen LogP contribution is -2.37. The molecule has 2 amide bonds. The van der Waals surface area contributed by atoms with E-state index in [4.69, 9.17) is 9.72 Å². The van der Waals surface area contributed by atoms with E-state index in [0.717, 1.165) is 10.9 Å². The summed E-state index contributed by atoms with van der Waals surface area (Å²) in [5.74, 6) is -1.50. The van der Waals surface area contributed by atoms with Crippen LogP contribution in [0.15, 0.2) is 83.3 Å². The average Bonchev–Trinajstić information content (AvgIpc) is 3.64. The maximum Gasteiger partial charge on any atom is 0.339 e. The van der Waals surface area contributed by atoms with Gasteiger partial charge in [-0.25, -0.2) is 9.78 Å². The molecule has 0 N–H and O–H groups in total. The van der Waals surface area contributed by atoms with Gasteiger partial charge >= 0.3 is 5.97 Å². The Morgan fingerprint density at radius 1 is 0.860 bits per heavy atom. The maximum absolute atomic E-state index is 13.5. The van der Waals surface area contributed by atoms with Crippen LogP contribution < -0.4 is 4.90 Å². The number of Topliss-reactive ketones (excluding diaryl/α,β-unsaturated/α-hetero) is 1. The predicted octanol–water partition coefficient (Wildman–Crippen LogP) is 6.99. The first-order valence-corrected chi connectivity index (χ1v) is 16.5. The van der Waals surface area contributed by atoms with Crippen LogP contribution in [0.5, 0.6) is 0 Å². The van der Waals surface area contributed by atoms with E-state index in [1.807, 2.05) is 12.1 Å². The first-order chi connectivity index (χ1) is 20.7. The summed E-state index contributed by atoms with van der Waals surface area (Å²) < 4.78 is 6.29. The SMILES string of the molecule is O=C(COC(=O)c1cc(-c2ccc(N3C(=O)C4C5CC(C(Br)C5Br)C4C3=O)cc2)nc2ccccc12)c1ccc(Br)cc1. The Morgan fingerprint density at radius 2 is 1.49 bits per heavy atom. The molecule has 7 rings (SSSR count). The fraction of sp³-hybridized carbons (Fsp3) is 0.242. The molecule has 1 aromatic heterocycles. The highest BCUT2D eigenvalue weighted by Gasteiger charge is 2.66. The summed E-state index contributed by atoms with van der Waals surface area (Å²) in [6.45, 7) is -0.394. The highest BCUT2D eigenvalue weighted by Crippen LogP contribution is 2.60. The average molecular weight is 767 g/mol. The predicted molar refractivity (Wildman–Crippen MR) is 172 cm³/mol. The van der Waals surface area contributed by atoms with Crippen molar-refractivity contribution < 1.29 is 23.9 Å². The van der Waals surface area contributed by atoms with Crippen LogP contribution >= 0.6 is 47.8 Å². The van der Waals surface area contributed by atoms with Crippen molar-refractivity contribution in [2.75, 3.05) is 11.5 Å². The van der Waals surface area contributed by atoms with E-state index < -0.39 is 12.6 Å². The first-order valence-electron chi connectivity index (χ1n) is 13.8. The number of nitrogens with zero attached hydrogens (tertiary/aromatic N) is 2. The van der Waals surface area contributed by atoms with Gasteiger partial charge in [-0.3, -0.25) is 19.3 Å². The zero-order valence-corrected chi connectivity index (χ0v) is 27.2. The number of pyridine rings is 1. The second-order valence-corrected chi connectivity index (χ2v) is 14.2. The lowest BCUT2D eigenvalue weighted by Gasteiger charge is -2.28. The van der Waals surface area contributed by atoms with E-state index in [9.17, 15) is 19.2 Å². The molecule has 2 aliphatic carbocycles. The molecule has 0 spiro atoms. The Balaban J connectivity index is 1.14. The molecule has 3 aliphatic rings. The number of para-hydroxylation sites is 1. The van der Waals surface area contributed by atoms with E-state index in [-0.39, 0.29) is 56.5 Å². The molecule has 43 heavy (non-hydrogen) atoms. The standard InChI is InChI=1S/C33H23Br3N2O5/c34-18-9-5-17(6-10-18)26(39)15-43-33(42)21-14-25(37-24-4-2-1-3-20(21)24)16-7-11-19(12-8-16)38-31(40)27-22-13-23(28(27)32(38)41)30(36)29(22)35/h1-12,14,22-23,27-30H,13,15H2. The molecule has 10 heteroatoms. The van der Waals surface area contributed by atoms with Gasteiger partial charge in [-0.05, 0) is 54.7 Å². The molecule has 6 unspecified atom stereocenters. The number of imide groups is 1. The Kier molecular flexibility index (Phi) is 7.34. The number of ether oxygens (including phenoxy) is 1. The molecule has 2 saturated carbocycles. The summed E-state index contributed by atoms with van der Waals surface area (Å²) in [5, 5.41) is 0.605. The number of carbonyl (C=O) groups is 4. The number of esters is 1. The van der Waals surface area contributed by atoms with Crippen LogP contribution in [-0.4, -0.2) is 44.8 Å². The largest absolute Gasteiger partial charge is 0.454 e. The molecule has 1 saturated heterocycles. The number of alkyl halides is 2. The highest BCUT2D eigenvalue weighted by molar-refractivity contribution is 9.12. The number of ketones is 1. The van der Waals surface area contributed by atoms with E-state index >= 15 is 0 Å². The van der Waals surface area contributed by atoms with Crippen molar-refractivity contribution in [1.82, 2.24) is 4.98 Å². The van der Waals surface area contributed by atoms with Crippen LogP contribution in [0.4, 0.5) is 5.69 Å². The quantitative estimate of drug-likeness (QED) is 0.0910. The van der Waals surface area contributed by atoms with E-state index in [1.54, 1.807) is 66.7 Å². The fourth-order valence-corrected chi connectivity index (χ4v) is 8.94. The van der Waals surface area contributed by atoms with Gasteiger partial charge in [0.25, 0.3) is 0 Å². The van der Waals surface area contributed by atoms with Crippen LogP contribution in [0, 0.1) is 23.7 Å². The van der Waals surface area contributed by atoms with Gasteiger partial charge in [-0.15, -0.1) is 0 Å². The number of hydrogen-bond acceptors (Lipinski definition) is 6. The van der Waals surface area contributed by atoms with Crippen molar-refractivity contribution in [3.63, 3.8) is 0 Å². The van der Waals surface area contributed by atoms with Crippen molar-refractivity contribution in [3.05, 3.63) is 94.5 Å². The van der Waals surface area contributed by atoms with E-state index in [1.165, 1.54) is 4.90 Å². The minimum atomic E-state index is -0.633. The van der Waals surface area contributed by atoms with Crippen LogP contribution in [-0.2, 0) is 14.3 Å². The lowest BCUT2D eigenvalue weighted by atomic mass is 9.81. The fourth-order valence-electron chi connectivity index (χ4n) is 6.80. The smallest absolute Gasteiger partial charge is 0.339 e. The Morgan fingerprint density at radius 3 is 2.14 bits per heavy atom. The van der Waals surface area contributed by atoms with Gasteiger partial charge in [0.1, 0.15) is 0 Å². The zero-order chi connectivity index (χ0) is 30.0. The van der Waals surface area contributed by atoms with Crippen molar-refractivity contribution >= 4 is 87.9 Å². The van der Waals surface area contributed by atoms with Crippen LogP contribution in [0.25, 0.3) is 22.2 Å². The summed E-state index contributed by atoms with van der Waals surface area (Å²) in [5.41, 5.74) is 3.08. The number of halogens is 3. The van der Waals surface area contributed by atoms with Crippen molar-refractivity contribution in [2.45, 2.75) is 16.1 Å². The first kappa shape index (κ1) is 28.6. The van der Waals surface area contributed by atoms with E-state index in [0.29, 0.717) is 33.4 Å². The van der Waals surface area contributed by atoms with Gasteiger partial charge in [-0.1, -0.05) is 90.3 Å². The summed E-state index contributed by atoms with van der Waals surface area (Å²) in [4.78, 5) is 59.2. The molecule has 3 aromatic carbocycles. The summed E-state index contributed by atoms with van der Waals surface area (Å²) in [6, 6.07) is 22.8. The van der Waals surface area contributed by atoms with E-state index in [2.05, 4.69) is 47.8 Å². The topological polar surface area (TPSA) is 93.6 Å². The maximum atomic E-state index is 13.5. The third-order valence-corrected chi connectivity index (χ3v) is 12.6. The van der Waals surface area contributed by atoms with Crippen LogP contribution in [0.2, 0.25) is 0 Å². The van der Waals surface area contributed by atoms with Gasteiger partial charge in [0.05, 0.1) is 34.3 Å². The molecule has 7 nitrogen and oxygen atoms in total. The molecule has 4 aromatic rings. The summed E-state index contributed by atoms with van der Waals surface area (Å²) in [7, 11) is 0. The Hall–Kier alpha value is -3.21. The number of rotatable bonds is 6. The second-order valence-electron chi connectivity index (χ2n) is 11.1. The second kappa shape index (κ2) is 11.1. The van der Waals surface area contributed by atoms with Crippen LogP contribution in [0.3, 0.4) is 0 Å². The van der Waals surface area contributed by atoms with Crippen LogP contribution in [0.1, 0.15) is 27.1 Å². The lowest BCUT2D eigenvalue weighted by molar-refractivity contribution is -0.123. The number of carbonyl (C=O) groups excluding carboxylic acids is 4. The Bertz CT molecular complexity index is 1780. The van der Waals surface area contributed by atoms with Gasteiger partial charge in [0.15, 0.2) is 12.4 Å². The molecule has 0 radical (unpaired) electrons. The summed E-state index contributed by atoms with van der Waals surface area (Å²) >= 11 is 10.8. The normalized spacial score (nSPS) is 25.8. The number of anilines is 1. The van der Waals surface area contributed by atoms with Gasteiger partial charge < -0.3 is 4.74 Å². The molecule has 6 atom stereocenters. The van der Waals surface area contributed by atoms with Crippen molar-refractivity contribution in [1.29, 1.82) is 0 Å². The molecular weight excluding hydrogens is 744 g/mol. The molecule has 1 aliphatic heterocycles. The van der Waals surface area contributed by atoms with Gasteiger partial charge in [-0.2, -0.15) is 0 Å². The van der Waals surface area contributed by atoms with Crippen molar-refractivity contribution in [2.24, 2.45) is 23.7 Å². The van der Waals surface area contributed by atoms with Gasteiger partial charge in [0.2, 0.25) is 11.8 Å². The summed E-state index contributed by atoms with van der Waals surface area (Å²) in [6.07, 6.45) is 0.877. The minimum absolute atomic E-state index is 0.134. The molecular formula is C33H23Br3N2O5. The number of amides is 2. The molecule has 2 bridgehead atoms. The Labute approximate surface area is 272 Å². The zero-order valence-electron chi connectivity index (χ0n) is 22.5. The molecule has 2 heterocycles. The third kappa shape index (κ3) is 4.78. The third-order valence-electron chi connectivity index (χ3n) is 8.85.